The van der Waals surface area contributed by atoms with E-state index in [1.54, 1.807) is 9.58 Å². The fourth-order valence-corrected chi connectivity index (χ4v) is 2.60. The van der Waals surface area contributed by atoms with Gasteiger partial charge in [0.1, 0.15) is 0 Å². The Balaban J connectivity index is 1.76. The number of carbonyl (C=O) groups excluding carboxylic acids is 2. The minimum absolute atomic E-state index is 0.0655. The zero-order chi connectivity index (χ0) is 18.0. The highest BCUT2D eigenvalue weighted by Crippen LogP contribution is 2.30. The van der Waals surface area contributed by atoms with Crippen LogP contribution >= 0.6 is 0 Å². The molecular weight excluding hydrogens is 316 g/mol. The molecule has 6 heteroatoms. The first kappa shape index (κ1) is 17.0. The molecule has 0 aliphatic heterocycles. The van der Waals surface area contributed by atoms with Crippen molar-refractivity contribution < 1.29 is 9.59 Å². The number of aryl methyl sites for hydroxylation is 2. The van der Waals surface area contributed by atoms with Crippen molar-refractivity contribution in [1.29, 1.82) is 0 Å². The fraction of sp³-hybridized carbons (Fsp3) is 0.316. The van der Waals surface area contributed by atoms with Gasteiger partial charge in [0.05, 0.1) is 12.2 Å². The van der Waals surface area contributed by atoms with E-state index in [4.69, 9.17) is 0 Å². The van der Waals surface area contributed by atoms with Crippen molar-refractivity contribution in [2.45, 2.75) is 26.3 Å². The fourth-order valence-electron chi connectivity index (χ4n) is 2.60. The lowest BCUT2D eigenvalue weighted by molar-refractivity contribution is -0.117. The highest BCUT2D eigenvalue weighted by Gasteiger charge is 2.29. The van der Waals surface area contributed by atoms with Gasteiger partial charge >= 0.3 is 0 Å². The van der Waals surface area contributed by atoms with E-state index in [-0.39, 0.29) is 17.7 Å². The van der Waals surface area contributed by atoms with Crippen LogP contribution in [0.4, 0.5) is 11.4 Å². The van der Waals surface area contributed by atoms with Crippen LogP contribution in [0.5, 0.6) is 0 Å². The van der Waals surface area contributed by atoms with Gasteiger partial charge in [0.2, 0.25) is 5.91 Å². The summed E-state index contributed by atoms with van der Waals surface area (Å²) in [4.78, 5) is 25.7. The number of benzene rings is 1. The molecule has 0 bridgehead atoms. The van der Waals surface area contributed by atoms with Gasteiger partial charge in [-0.25, -0.2) is 0 Å². The maximum Gasteiger partial charge on any atom is 0.250 e. The van der Waals surface area contributed by atoms with Crippen LogP contribution in [0.2, 0.25) is 0 Å². The summed E-state index contributed by atoms with van der Waals surface area (Å²) in [6.07, 6.45) is 3.22. The summed E-state index contributed by atoms with van der Waals surface area (Å²) in [5, 5.41) is 7.30. The number of carbonyl (C=O) groups is 2. The van der Waals surface area contributed by atoms with Crippen LogP contribution in [-0.4, -0.2) is 21.6 Å². The van der Waals surface area contributed by atoms with Crippen LogP contribution in [0.1, 0.15) is 24.2 Å². The lowest BCUT2D eigenvalue weighted by atomic mass is 10.2. The Morgan fingerprint density at radius 2 is 2.04 bits per heavy atom. The molecule has 0 spiro atoms. The van der Waals surface area contributed by atoms with Crippen molar-refractivity contribution in [2.24, 2.45) is 13.0 Å². The topological polar surface area (TPSA) is 67.2 Å². The van der Waals surface area contributed by atoms with Crippen molar-refractivity contribution >= 4 is 23.2 Å². The molecule has 25 heavy (non-hydrogen) atoms. The lowest BCUT2D eigenvalue weighted by Crippen LogP contribution is -2.28. The molecule has 1 aliphatic rings. The van der Waals surface area contributed by atoms with Crippen molar-refractivity contribution in [1.82, 2.24) is 9.78 Å². The minimum atomic E-state index is -0.196. The first-order valence-corrected chi connectivity index (χ1v) is 8.32. The maximum atomic E-state index is 12.3. The smallest absolute Gasteiger partial charge is 0.250 e. The van der Waals surface area contributed by atoms with Gasteiger partial charge in [-0.2, -0.15) is 5.10 Å². The minimum Gasteiger partial charge on any atom is -0.326 e. The van der Waals surface area contributed by atoms with Crippen molar-refractivity contribution in [3.63, 3.8) is 0 Å². The molecule has 1 aliphatic carbocycles. The molecule has 1 aromatic carbocycles. The number of amides is 2. The summed E-state index contributed by atoms with van der Waals surface area (Å²) < 4.78 is 1.78. The Labute approximate surface area is 147 Å². The summed E-state index contributed by atoms with van der Waals surface area (Å²) in [6, 6.07) is 9.21. The third-order valence-corrected chi connectivity index (χ3v) is 4.32. The number of nitrogens with one attached hydrogen (secondary N) is 1. The van der Waals surface area contributed by atoms with E-state index in [2.05, 4.69) is 17.0 Å². The summed E-state index contributed by atoms with van der Waals surface area (Å²) in [5.41, 5.74) is 3.30. The summed E-state index contributed by atoms with van der Waals surface area (Å²) in [6.45, 7) is 5.91. The lowest BCUT2D eigenvalue weighted by Gasteiger charge is -2.20. The molecule has 0 atom stereocenters. The van der Waals surface area contributed by atoms with E-state index < -0.39 is 0 Å². The van der Waals surface area contributed by atoms with Gasteiger partial charge in [-0.05, 0) is 56.2 Å². The predicted octanol–water partition coefficient (Wildman–Crippen LogP) is 2.80. The van der Waals surface area contributed by atoms with Gasteiger partial charge < -0.3 is 10.2 Å². The van der Waals surface area contributed by atoms with Crippen LogP contribution in [-0.2, 0) is 23.2 Å². The van der Waals surface area contributed by atoms with E-state index in [1.807, 2.05) is 44.3 Å². The zero-order valence-electron chi connectivity index (χ0n) is 14.5. The Bertz CT molecular complexity index is 784. The summed E-state index contributed by atoms with van der Waals surface area (Å²) in [7, 11) is 1.87. The molecule has 1 saturated carbocycles. The average Bonchev–Trinajstić information content (AvgIpc) is 3.40. The monoisotopic (exact) mass is 338 g/mol. The van der Waals surface area contributed by atoms with Gasteiger partial charge in [-0.15, -0.1) is 0 Å². The van der Waals surface area contributed by atoms with Crippen molar-refractivity contribution in [2.75, 3.05) is 10.2 Å². The first-order chi connectivity index (χ1) is 12.0. The van der Waals surface area contributed by atoms with Crippen LogP contribution in [0.15, 0.2) is 43.0 Å². The average molecular weight is 338 g/mol. The largest absolute Gasteiger partial charge is 0.326 e. The number of hydrogen-bond donors (Lipinski definition) is 1. The van der Waals surface area contributed by atoms with Crippen LogP contribution in [0.25, 0.3) is 0 Å². The van der Waals surface area contributed by atoms with E-state index in [0.717, 1.165) is 35.6 Å². The number of nitrogens with zero attached hydrogens (tertiary/aromatic N) is 3. The maximum absolute atomic E-state index is 12.3. The number of aromatic nitrogens is 2. The molecule has 2 aromatic rings. The van der Waals surface area contributed by atoms with E-state index >= 15 is 0 Å². The zero-order valence-corrected chi connectivity index (χ0v) is 14.5. The molecule has 0 saturated heterocycles. The third-order valence-electron chi connectivity index (χ3n) is 4.32. The van der Waals surface area contributed by atoms with Crippen molar-refractivity contribution in [3.05, 3.63) is 54.4 Å². The van der Waals surface area contributed by atoms with Crippen LogP contribution in [0.3, 0.4) is 0 Å². The van der Waals surface area contributed by atoms with Gasteiger partial charge in [-0.3, -0.25) is 14.3 Å². The highest BCUT2D eigenvalue weighted by molar-refractivity contribution is 6.01. The molecule has 1 N–H and O–H groups in total. The molecule has 0 radical (unpaired) electrons. The Morgan fingerprint density at radius 3 is 2.56 bits per heavy atom. The van der Waals surface area contributed by atoms with Crippen LogP contribution in [0, 0.1) is 12.8 Å². The number of anilines is 2. The second kappa shape index (κ2) is 6.93. The third kappa shape index (κ3) is 3.96. The van der Waals surface area contributed by atoms with Gasteiger partial charge in [-0.1, -0.05) is 6.58 Å². The van der Waals surface area contributed by atoms with E-state index in [0.29, 0.717) is 6.54 Å². The Hall–Kier alpha value is -2.89. The SMILES string of the molecule is C=CC(=O)N(Cc1cc(C)n(C)n1)c1ccc(NC(=O)C2CC2)cc1. The molecule has 2 amide bonds. The van der Waals surface area contributed by atoms with E-state index in [9.17, 15) is 9.59 Å². The number of hydrogen-bond acceptors (Lipinski definition) is 3. The molecule has 1 heterocycles. The number of rotatable bonds is 6. The molecule has 130 valence electrons. The first-order valence-electron chi connectivity index (χ1n) is 8.32. The molecule has 1 aromatic heterocycles. The molecule has 1 fully saturated rings. The highest BCUT2D eigenvalue weighted by atomic mass is 16.2. The summed E-state index contributed by atoms with van der Waals surface area (Å²) in [5.74, 6) is 0.0275. The van der Waals surface area contributed by atoms with Gasteiger partial charge in [0.15, 0.2) is 0 Å². The Morgan fingerprint density at radius 1 is 1.36 bits per heavy atom. The standard InChI is InChI=1S/C19H22N4O2/c1-4-18(24)23(12-16-11-13(2)22(3)21-16)17-9-7-15(8-10-17)20-19(25)14-5-6-14/h4,7-11,14H,1,5-6,12H2,2-3H3,(H,20,25). The quantitative estimate of drug-likeness (QED) is 0.824. The molecular formula is C19H22N4O2. The van der Waals surface area contributed by atoms with Crippen LogP contribution < -0.4 is 10.2 Å². The Kier molecular flexibility index (Phi) is 4.70. The molecule has 0 unspecified atom stereocenters. The second-order valence-corrected chi connectivity index (χ2v) is 6.34. The molecule has 3 rings (SSSR count). The predicted molar refractivity (Wildman–Crippen MR) is 97.1 cm³/mol. The van der Waals surface area contributed by atoms with E-state index in [1.165, 1.54) is 6.08 Å². The van der Waals surface area contributed by atoms with Gasteiger partial charge in [0.25, 0.3) is 5.91 Å². The molecule has 6 nitrogen and oxygen atoms in total. The normalized spacial score (nSPS) is 13.4. The summed E-state index contributed by atoms with van der Waals surface area (Å²) >= 11 is 0. The van der Waals surface area contributed by atoms with Crippen molar-refractivity contribution in [3.8, 4) is 0 Å². The van der Waals surface area contributed by atoms with Gasteiger partial charge in [0, 0.05) is 30.0 Å². The second-order valence-electron chi connectivity index (χ2n) is 6.34.